The molecule has 1 aromatic rings. The van der Waals surface area contributed by atoms with Crippen molar-refractivity contribution in [1.29, 1.82) is 0 Å². The molecule has 2 aliphatic rings. The Balaban J connectivity index is 1.95. The van der Waals surface area contributed by atoms with E-state index >= 15 is 0 Å². The summed E-state index contributed by atoms with van der Waals surface area (Å²) in [5, 5.41) is 3.38. The number of piperazine rings is 1. The topological polar surface area (TPSA) is 18.5 Å². The standard InChI is InChI=1S/C13H16ClN3/c14-17-8-5-12(16-9-6-15-7-10-16)11-3-1-2-4-13(11)17/h1-5,15H,6-10H2. The average molecular weight is 250 g/mol. The van der Waals surface area contributed by atoms with E-state index < -0.39 is 0 Å². The quantitative estimate of drug-likeness (QED) is 0.767. The van der Waals surface area contributed by atoms with Gasteiger partial charge in [-0.15, -0.1) is 0 Å². The zero-order valence-electron chi connectivity index (χ0n) is 9.69. The minimum absolute atomic E-state index is 0.776. The highest BCUT2D eigenvalue weighted by molar-refractivity contribution is 6.26. The van der Waals surface area contributed by atoms with Crippen molar-refractivity contribution in [3.63, 3.8) is 0 Å². The fraction of sp³-hybridized carbons (Fsp3) is 0.385. The summed E-state index contributed by atoms with van der Waals surface area (Å²) >= 11 is 6.21. The molecule has 3 rings (SSSR count). The van der Waals surface area contributed by atoms with Crippen molar-refractivity contribution in [2.75, 3.05) is 37.1 Å². The molecule has 0 unspecified atom stereocenters. The minimum Gasteiger partial charge on any atom is -0.369 e. The van der Waals surface area contributed by atoms with Crippen LogP contribution < -0.4 is 9.74 Å². The lowest BCUT2D eigenvalue weighted by Gasteiger charge is -2.35. The van der Waals surface area contributed by atoms with Crippen molar-refractivity contribution >= 4 is 23.2 Å². The van der Waals surface area contributed by atoms with E-state index in [1.165, 1.54) is 11.3 Å². The van der Waals surface area contributed by atoms with Gasteiger partial charge in [0.25, 0.3) is 0 Å². The first-order valence-electron chi connectivity index (χ1n) is 6.05. The van der Waals surface area contributed by atoms with E-state index in [4.69, 9.17) is 11.8 Å². The van der Waals surface area contributed by atoms with Gasteiger partial charge in [-0.25, -0.2) is 0 Å². The Bertz CT molecular complexity index is 438. The fourth-order valence-electron chi connectivity index (χ4n) is 2.48. The molecule has 3 nitrogen and oxygen atoms in total. The van der Waals surface area contributed by atoms with E-state index in [9.17, 15) is 0 Å². The van der Waals surface area contributed by atoms with E-state index in [0.717, 1.165) is 38.4 Å². The SMILES string of the molecule is ClN1CC=C(N2CCNCC2)c2ccccc21. The zero-order chi connectivity index (χ0) is 11.7. The molecule has 17 heavy (non-hydrogen) atoms. The van der Waals surface area contributed by atoms with Gasteiger partial charge in [0.05, 0.1) is 12.2 Å². The number of hydrogen-bond acceptors (Lipinski definition) is 3. The van der Waals surface area contributed by atoms with Gasteiger partial charge in [0, 0.05) is 49.2 Å². The summed E-state index contributed by atoms with van der Waals surface area (Å²) in [6, 6.07) is 8.34. The molecule has 0 spiro atoms. The number of benzene rings is 1. The Labute approximate surface area is 107 Å². The predicted molar refractivity (Wildman–Crippen MR) is 72.1 cm³/mol. The van der Waals surface area contributed by atoms with Crippen molar-refractivity contribution in [3.8, 4) is 0 Å². The van der Waals surface area contributed by atoms with Crippen LogP contribution in [0.25, 0.3) is 5.70 Å². The van der Waals surface area contributed by atoms with Crippen LogP contribution in [0.1, 0.15) is 5.56 Å². The predicted octanol–water partition coefficient (Wildman–Crippen LogP) is 1.91. The van der Waals surface area contributed by atoms with Crippen molar-refractivity contribution in [1.82, 2.24) is 10.2 Å². The average Bonchev–Trinajstić information content (AvgIpc) is 2.41. The van der Waals surface area contributed by atoms with Gasteiger partial charge >= 0.3 is 0 Å². The zero-order valence-corrected chi connectivity index (χ0v) is 10.5. The molecule has 0 aromatic heterocycles. The summed E-state index contributed by atoms with van der Waals surface area (Å²) in [7, 11) is 0. The monoisotopic (exact) mass is 249 g/mol. The third-order valence-electron chi connectivity index (χ3n) is 3.34. The molecule has 1 N–H and O–H groups in total. The Morgan fingerprint density at radius 1 is 1.12 bits per heavy atom. The smallest absolute Gasteiger partial charge is 0.0619 e. The van der Waals surface area contributed by atoms with Gasteiger partial charge in [-0.2, -0.15) is 0 Å². The molecule has 4 heteroatoms. The lowest BCUT2D eigenvalue weighted by molar-refractivity contribution is 0.340. The van der Waals surface area contributed by atoms with E-state index in [1.54, 1.807) is 4.42 Å². The second kappa shape index (κ2) is 4.59. The maximum absolute atomic E-state index is 6.21. The molecule has 0 saturated carbocycles. The highest BCUT2D eigenvalue weighted by atomic mass is 35.5. The molecular formula is C13H16ClN3. The third-order valence-corrected chi connectivity index (χ3v) is 3.66. The molecule has 0 aliphatic carbocycles. The molecule has 0 radical (unpaired) electrons. The summed E-state index contributed by atoms with van der Waals surface area (Å²) in [6.07, 6.45) is 2.22. The van der Waals surface area contributed by atoms with E-state index in [1.807, 2.05) is 6.07 Å². The van der Waals surface area contributed by atoms with Crippen LogP contribution in [0.2, 0.25) is 0 Å². The van der Waals surface area contributed by atoms with E-state index in [-0.39, 0.29) is 0 Å². The Hall–Kier alpha value is -1.19. The van der Waals surface area contributed by atoms with Gasteiger partial charge in [-0.1, -0.05) is 18.2 Å². The molecule has 1 fully saturated rings. The molecule has 1 aromatic carbocycles. The van der Waals surface area contributed by atoms with Gasteiger partial charge in [0.1, 0.15) is 0 Å². The van der Waals surface area contributed by atoms with Gasteiger partial charge in [0.2, 0.25) is 0 Å². The Kier molecular flexibility index (Phi) is 2.95. The normalized spacial score (nSPS) is 19.9. The molecule has 2 heterocycles. The number of rotatable bonds is 1. The largest absolute Gasteiger partial charge is 0.369 e. The first-order valence-corrected chi connectivity index (χ1v) is 6.38. The van der Waals surface area contributed by atoms with Gasteiger partial charge in [-0.05, 0) is 12.1 Å². The Morgan fingerprint density at radius 3 is 2.71 bits per heavy atom. The van der Waals surface area contributed by atoms with Crippen LogP contribution >= 0.6 is 11.8 Å². The molecular weight excluding hydrogens is 234 g/mol. The molecule has 2 aliphatic heterocycles. The van der Waals surface area contributed by atoms with Crippen molar-refractivity contribution in [3.05, 3.63) is 35.9 Å². The van der Waals surface area contributed by atoms with Crippen LogP contribution in [0.3, 0.4) is 0 Å². The fourth-order valence-corrected chi connectivity index (χ4v) is 2.70. The number of nitrogens with one attached hydrogen (secondary N) is 1. The number of para-hydroxylation sites is 1. The van der Waals surface area contributed by atoms with Crippen LogP contribution in [-0.4, -0.2) is 37.6 Å². The van der Waals surface area contributed by atoms with Gasteiger partial charge in [0.15, 0.2) is 0 Å². The first kappa shape index (κ1) is 10.9. The van der Waals surface area contributed by atoms with Crippen LogP contribution in [0.4, 0.5) is 5.69 Å². The highest BCUT2D eigenvalue weighted by Gasteiger charge is 2.22. The minimum atomic E-state index is 0.776. The molecule has 1 saturated heterocycles. The number of halogens is 1. The third kappa shape index (κ3) is 2.01. The van der Waals surface area contributed by atoms with Gasteiger partial charge < -0.3 is 10.2 Å². The first-order chi connectivity index (χ1) is 8.36. The number of hydrogen-bond donors (Lipinski definition) is 1. The summed E-state index contributed by atoms with van der Waals surface area (Å²) in [6.45, 7) is 5.04. The maximum Gasteiger partial charge on any atom is 0.0619 e. The molecule has 90 valence electrons. The summed E-state index contributed by atoms with van der Waals surface area (Å²) in [4.78, 5) is 2.44. The van der Waals surface area contributed by atoms with Crippen LogP contribution in [0.15, 0.2) is 30.3 Å². The molecule has 0 atom stereocenters. The van der Waals surface area contributed by atoms with Crippen LogP contribution in [0, 0.1) is 0 Å². The summed E-state index contributed by atoms with van der Waals surface area (Å²) < 4.78 is 1.78. The summed E-state index contributed by atoms with van der Waals surface area (Å²) in [5.41, 5.74) is 3.69. The second-order valence-electron chi connectivity index (χ2n) is 4.39. The molecule has 0 amide bonds. The van der Waals surface area contributed by atoms with E-state index in [0.29, 0.717) is 0 Å². The Morgan fingerprint density at radius 2 is 1.88 bits per heavy atom. The molecule has 0 bridgehead atoms. The van der Waals surface area contributed by atoms with Crippen molar-refractivity contribution in [2.45, 2.75) is 0 Å². The van der Waals surface area contributed by atoms with Crippen LogP contribution in [0.5, 0.6) is 0 Å². The number of anilines is 1. The van der Waals surface area contributed by atoms with Crippen molar-refractivity contribution < 1.29 is 0 Å². The van der Waals surface area contributed by atoms with Crippen LogP contribution in [-0.2, 0) is 0 Å². The van der Waals surface area contributed by atoms with Gasteiger partial charge in [-0.3, -0.25) is 4.42 Å². The highest BCUT2D eigenvalue weighted by Crippen LogP contribution is 2.34. The lowest BCUT2D eigenvalue weighted by atomic mass is 10.0. The maximum atomic E-state index is 6.21. The second-order valence-corrected chi connectivity index (χ2v) is 4.80. The lowest BCUT2D eigenvalue weighted by Crippen LogP contribution is -2.43. The summed E-state index contributed by atoms with van der Waals surface area (Å²) in [5.74, 6) is 0. The number of fused-ring (bicyclic) bond motifs is 1. The number of nitrogens with zero attached hydrogens (tertiary/aromatic N) is 2. The van der Waals surface area contributed by atoms with E-state index in [2.05, 4.69) is 34.5 Å². The van der Waals surface area contributed by atoms with Crippen molar-refractivity contribution in [2.24, 2.45) is 0 Å².